The molecule has 0 spiro atoms. The third kappa shape index (κ3) is 9.00. The maximum Gasteiger partial charge on any atom is 0.262 e. The van der Waals surface area contributed by atoms with E-state index in [1.165, 1.54) is 18.3 Å². The van der Waals surface area contributed by atoms with Crippen molar-refractivity contribution in [3.63, 3.8) is 0 Å². The van der Waals surface area contributed by atoms with Crippen molar-refractivity contribution >= 4 is 52.8 Å². The molecule has 3 N–H and O–H groups in total. The zero-order valence-electron chi connectivity index (χ0n) is 22.2. The molecular weight excluding hydrogens is 555 g/mol. The topological polar surface area (TPSA) is 118 Å². The summed E-state index contributed by atoms with van der Waals surface area (Å²) in [5, 5.41) is 10.0. The molecule has 9 nitrogen and oxygen atoms in total. The van der Waals surface area contributed by atoms with Crippen LogP contribution in [0.3, 0.4) is 0 Å². The predicted molar refractivity (Wildman–Crippen MR) is 156 cm³/mol. The summed E-state index contributed by atoms with van der Waals surface area (Å²) in [6, 6.07) is 17.7. The van der Waals surface area contributed by atoms with Gasteiger partial charge in [0, 0.05) is 10.7 Å². The van der Waals surface area contributed by atoms with Gasteiger partial charge in [-0.2, -0.15) is 5.10 Å². The minimum Gasteiger partial charge on any atom is -0.490 e. The third-order valence-corrected chi connectivity index (χ3v) is 6.03. The SMILES string of the molecule is CCOc1cc(/C=N\NC(=O)C(NC(=O)c2ccc(Cl)cc2Cl)C(C)C)ccc1OCC(=O)Nc1ccccc1. The van der Waals surface area contributed by atoms with Gasteiger partial charge in [-0.15, -0.1) is 0 Å². The minimum atomic E-state index is -0.867. The Labute approximate surface area is 242 Å². The van der Waals surface area contributed by atoms with Crippen LogP contribution in [0.5, 0.6) is 11.5 Å². The van der Waals surface area contributed by atoms with Gasteiger partial charge in [0.15, 0.2) is 18.1 Å². The molecule has 0 saturated carbocycles. The van der Waals surface area contributed by atoms with Gasteiger partial charge in [-0.05, 0) is 66.9 Å². The van der Waals surface area contributed by atoms with Gasteiger partial charge in [-0.3, -0.25) is 14.4 Å². The van der Waals surface area contributed by atoms with Gasteiger partial charge in [0.05, 0.1) is 23.4 Å². The Morgan fingerprint density at radius 3 is 2.38 bits per heavy atom. The lowest BCUT2D eigenvalue weighted by molar-refractivity contribution is -0.124. The van der Waals surface area contributed by atoms with Gasteiger partial charge in [-0.25, -0.2) is 5.43 Å². The van der Waals surface area contributed by atoms with Crippen LogP contribution in [0.4, 0.5) is 5.69 Å². The van der Waals surface area contributed by atoms with E-state index in [1.807, 2.05) is 25.1 Å². The maximum atomic E-state index is 12.8. The monoisotopic (exact) mass is 584 g/mol. The number of halogens is 2. The molecule has 0 bridgehead atoms. The van der Waals surface area contributed by atoms with Gasteiger partial charge in [0.25, 0.3) is 17.7 Å². The predicted octanol–water partition coefficient (Wildman–Crippen LogP) is 5.31. The van der Waals surface area contributed by atoms with E-state index in [-0.39, 0.29) is 29.0 Å². The summed E-state index contributed by atoms with van der Waals surface area (Å²) >= 11 is 12.0. The number of nitrogens with zero attached hydrogens (tertiary/aromatic N) is 1. The van der Waals surface area contributed by atoms with Crippen molar-refractivity contribution in [3.8, 4) is 11.5 Å². The summed E-state index contributed by atoms with van der Waals surface area (Å²) < 4.78 is 11.3. The Balaban J connectivity index is 1.61. The standard InChI is InChI=1S/C29H30Cl2N4O5/c1-4-39-25-14-19(10-13-24(25)40-17-26(36)33-21-8-6-5-7-9-21)16-32-35-29(38)27(18(2)3)34-28(37)22-12-11-20(30)15-23(22)31/h5-16,18,27H,4,17H2,1-3H3,(H,33,36)(H,34,37)(H,35,38)/b32-16-. The Morgan fingerprint density at radius 2 is 1.70 bits per heavy atom. The van der Waals surface area contributed by atoms with Crippen molar-refractivity contribution < 1.29 is 23.9 Å². The number of hydrogen-bond donors (Lipinski definition) is 3. The molecule has 3 rings (SSSR count). The van der Waals surface area contributed by atoms with Crippen LogP contribution in [0.1, 0.15) is 36.7 Å². The number of hydrogen-bond acceptors (Lipinski definition) is 6. The van der Waals surface area contributed by atoms with Crippen molar-refractivity contribution in [1.29, 1.82) is 0 Å². The Hall–Kier alpha value is -4.08. The normalized spacial score (nSPS) is 11.7. The summed E-state index contributed by atoms with van der Waals surface area (Å²) in [5.74, 6) is -0.752. The van der Waals surface area contributed by atoms with Crippen molar-refractivity contribution in [3.05, 3.63) is 87.9 Å². The van der Waals surface area contributed by atoms with Crippen LogP contribution in [0, 0.1) is 5.92 Å². The summed E-state index contributed by atoms with van der Waals surface area (Å²) in [4.78, 5) is 37.7. The second kappa shape index (κ2) is 14.9. The van der Waals surface area contributed by atoms with Gasteiger partial charge in [0.2, 0.25) is 0 Å². The molecule has 11 heteroatoms. The van der Waals surface area contributed by atoms with Crippen LogP contribution >= 0.6 is 23.2 Å². The molecule has 0 aliphatic rings. The van der Waals surface area contributed by atoms with Gasteiger partial charge >= 0.3 is 0 Å². The zero-order chi connectivity index (χ0) is 29.1. The number of carbonyl (C=O) groups excluding carboxylic acids is 3. The lowest BCUT2D eigenvalue weighted by atomic mass is 10.0. The number of ether oxygens (including phenoxy) is 2. The number of carbonyl (C=O) groups is 3. The first-order valence-corrected chi connectivity index (χ1v) is 13.3. The van der Waals surface area contributed by atoms with E-state index in [2.05, 4.69) is 21.2 Å². The van der Waals surface area contributed by atoms with E-state index in [4.69, 9.17) is 32.7 Å². The lowest BCUT2D eigenvalue weighted by Gasteiger charge is -2.20. The summed E-state index contributed by atoms with van der Waals surface area (Å²) in [5.41, 5.74) is 3.95. The smallest absolute Gasteiger partial charge is 0.262 e. The lowest BCUT2D eigenvalue weighted by Crippen LogP contribution is -2.48. The highest BCUT2D eigenvalue weighted by Crippen LogP contribution is 2.28. The summed E-state index contributed by atoms with van der Waals surface area (Å²) in [7, 11) is 0. The first-order valence-electron chi connectivity index (χ1n) is 12.5. The summed E-state index contributed by atoms with van der Waals surface area (Å²) in [6.07, 6.45) is 1.43. The molecule has 0 heterocycles. The highest BCUT2D eigenvalue weighted by atomic mass is 35.5. The molecule has 40 heavy (non-hydrogen) atoms. The highest BCUT2D eigenvalue weighted by molar-refractivity contribution is 6.36. The Morgan fingerprint density at radius 1 is 0.950 bits per heavy atom. The molecule has 0 saturated heterocycles. The van der Waals surface area contributed by atoms with E-state index < -0.39 is 17.9 Å². The van der Waals surface area contributed by atoms with Crippen LogP contribution in [-0.2, 0) is 9.59 Å². The number of amides is 3. The van der Waals surface area contributed by atoms with Crippen LogP contribution in [0.15, 0.2) is 71.8 Å². The first-order chi connectivity index (χ1) is 19.2. The van der Waals surface area contributed by atoms with E-state index >= 15 is 0 Å². The van der Waals surface area contributed by atoms with Crippen molar-refractivity contribution in [1.82, 2.24) is 10.7 Å². The number of hydrazone groups is 1. The molecule has 0 radical (unpaired) electrons. The van der Waals surface area contributed by atoms with E-state index in [0.717, 1.165) is 0 Å². The van der Waals surface area contributed by atoms with E-state index in [1.54, 1.807) is 50.2 Å². The van der Waals surface area contributed by atoms with Crippen molar-refractivity contribution in [2.24, 2.45) is 11.0 Å². The molecule has 1 unspecified atom stereocenters. The largest absolute Gasteiger partial charge is 0.490 e. The van der Waals surface area contributed by atoms with Gasteiger partial charge in [0.1, 0.15) is 6.04 Å². The average Bonchev–Trinajstić information content (AvgIpc) is 2.91. The van der Waals surface area contributed by atoms with Crippen LogP contribution < -0.4 is 25.5 Å². The second-order valence-electron chi connectivity index (χ2n) is 8.90. The van der Waals surface area contributed by atoms with Crippen LogP contribution in [-0.4, -0.2) is 43.2 Å². The summed E-state index contributed by atoms with van der Waals surface area (Å²) in [6.45, 7) is 5.58. The molecule has 3 amide bonds. The molecule has 3 aromatic rings. The maximum absolute atomic E-state index is 12.8. The van der Waals surface area contributed by atoms with Crippen molar-refractivity contribution in [2.45, 2.75) is 26.8 Å². The molecule has 0 aliphatic heterocycles. The average molecular weight is 585 g/mol. The molecule has 1 atom stereocenters. The van der Waals surface area contributed by atoms with Gasteiger partial charge < -0.3 is 20.1 Å². The Kier molecular flexibility index (Phi) is 11.4. The molecule has 3 aromatic carbocycles. The fourth-order valence-corrected chi connectivity index (χ4v) is 4.02. The van der Waals surface area contributed by atoms with Crippen LogP contribution in [0.25, 0.3) is 0 Å². The number of rotatable bonds is 12. The molecule has 0 aromatic heterocycles. The third-order valence-electron chi connectivity index (χ3n) is 5.48. The Bertz CT molecular complexity index is 1370. The van der Waals surface area contributed by atoms with Crippen molar-refractivity contribution in [2.75, 3.05) is 18.5 Å². The van der Waals surface area contributed by atoms with Crippen LogP contribution in [0.2, 0.25) is 10.0 Å². The fraction of sp³-hybridized carbons (Fsp3) is 0.241. The van der Waals surface area contributed by atoms with E-state index in [9.17, 15) is 14.4 Å². The molecule has 0 fully saturated rings. The molecular formula is C29H30Cl2N4O5. The highest BCUT2D eigenvalue weighted by Gasteiger charge is 2.25. The minimum absolute atomic E-state index is 0.181. The number of anilines is 1. The fourth-order valence-electron chi connectivity index (χ4n) is 3.52. The number of nitrogens with one attached hydrogen (secondary N) is 3. The first kappa shape index (κ1) is 30.5. The molecule has 210 valence electrons. The number of para-hydroxylation sites is 1. The quantitative estimate of drug-likeness (QED) is 0.197. The van der Waals surface area contributed by atoms with Gasteiger partial charge in [-0.1, -0.05) is 55.2 Å². The zero-order valence-corrected chi connectivity index (χ0v) is 23.8. The second-order valence-corrected chi connectivity index (χ2v) is 9.74. The van der Waals surface area contributed by atoms with E-state index in [0.29, 0.717) is 34.4 Å². The molecule has 0 aliphatic carbocycles. The number of benzene rings is 3.